The fourth-order valence-corrected chi connectivity index (χ4v) is 2.91. The van der Waals surface area contributed by atoms with Crippen LogP contribution < -0.4 is 4.90 Å². The summed E-state index contributed by atoms with van der Waals surface area (Å²) < 4.78 is 0. The van der Waals surface area contributed by atoms with E-state index in [9.17, 15) is 5.11 Å². The Morgan fingerprint density at radius 1 is 1.00 bits per heavy atom. The quantitative estimate of drug-likeness (QED) is 0.826. The van der Waals surface area contributed by atoms with Crippen LogP contribution >= 0.6 is 11.6 Å². The number of para-hydroxylation sites is 1. The average Bonchev–Trinajstić information content (AvgIpc) is 2.67. The van der Waals surface area contributed by atoms with E-state index in [1.165, 1.54) is 5.69 Å². The van der Waals surface area contributed by atoms with Crippen molar-refractivity contribution in [3.63, 3.8) is 0 Å². The Hall–Kier alpha value is -1.67. The fraction of sp³-hybridized carbons (Fsp3) is 0.250. The molecule has 0 saturated carbocycles. The third-order valence-corrected chi connectivity index (χ3v) is 4.04. The molecule has 0 spiro atoms. The maximum absolute atomic E-state index is 9.77. The van der Waals surface area contributed by atoms with Crippen LogP contribution in [0, 0.1) is 0 Å². The van der Waals surface area contributed by atoms with E-state index in [-0.39, 0.29) is 5.75 Å². The number of nitrogens with zero attached hydrogens (tertiary/aromatic N) is 1. The van der Waals surface area contributed by atoms with Crippen molar-refractivity contribution >= 4 is 23.0 Å². The summed E-state index contributed by atoms with van der Waals surface area (Å²) in [5, 5.41) is 10.3. The second-order valence-corrected chi connectivity index (χ2v) is 5.22. The lowest BCUT2D eigenvalue weighted by atomic mass is 10.1. The Balaban J connectivity index is 2.12. The molecule has 1 aliphatic rings. The summed E-state index contributed by atoms with van der Waals surface area (Å²) in [6, 6.07) is 14.0. The Labute approximate surface area is 118 Å². The maximum Gasteiger partial charge on any atom is 0.134 e. The van der Waals surface area contributed by atoms with E-state index in [2.05, 4.69) is 17.0 Å². The Morgan fingerprint density at radius 2 is 1.79 bits per heavy atom. The van der Waals surface area contributed by atoms with Crippen LogP contribution in [0.15, 0.2) is 42.5 Å². The minimum Gasteiger partial charge on any atom is -0.506 e. The normalized spacial score (nSPS) is 14.9. The molecule has 3 heteroatoms. The van der Waals surface area contributed by atoms with Gasteiger partial charge in [-0.15, -0.1) is 0 Å². The van der Waals surface area contributed by atoms with Crippen LogP contribution in [0.2, 0.25) is 5.02 Å². The van der Waals surface area contributed by atoms with Gasteiger partial charge in [-0.25, -0.2) is 0 Å². The van der Waals surface area contributed by atoms with Crippen LogP contribution in [-0.4, -0.2) is 11.7 Å². The van der Waals surface area contributed by atoms with E-state index < -0.39 is 0 Å². The topological polar surface area (TPSA) is 23.5 Å². The van der Waals surface area contributed by atoms with Crippen LogP contribution in [0.3, 0.4) is 0 Å². The van der Waals surface area contributed by atoms with Gasteiger partial charge < -0.3 is 10.0 Å². The first kappa shape index (κ1) is 12.4. The maximum atomic E-state index is 9.77. The molecule has 0 unspecified atom stereocenters. The van der Waals surface area contributed by atoms with Crippen molar-refractivity contribution in [3.05, 3.63) is 53.1 Å². The molecular formula is C16H16ClNO. The van der Waals surface area contributed by atoms with E-state index in [0.29, 0.717) is 5.02 Å². The molecule has 3 rings (SSSR count). The number of benzene rings is 2. The number of halogens is 1. The number of phenols is 1. The van der Waals surface area contributed by atoms with E-state index >= 15 is 0 Å². The highest BCUT2D eigenvalue weighted by Gasteiger charge is 2.20. The molecule has 0 bridgehead atoms. The Morgan fingerprint density at radius 3 is 2.58 bits per heavy atom. The molecular weight excluding hydrogens is 258 g/mol. The van der Waals surface area contributed by atoms with Gasteiger partial charge in [-0.1, -0.05) is 29.8 Å². The van der Waals surface area contributed by atoms with Gasteiger partial charge in [-0.3, -0.25) is 0 Å². The number of fused-ring (bicyclic) bond motifs is 1. The molecule has 19 heavy (non-hydrogen) atoms. The highest BCUT2D eigenvalue weighted by atomic mass is 35.5. The second-order valence-electron chi connectivity index (χ2n) is 4.84. The molecule has 2 nitrogen and oxygen atoms in total. The van der Waals surface area contributed by atoms with Crippen molar-refractivity contribution in [2.75, 3.05) is 11.4 Å². The molecule has 1 N–H and O–H groups in total. The number of hydrogen-bond acceptors (Lipinski definition) is 2. The van der Waals surface area contributed by atoms with Crippen LogP contribution in [-0.2, 0) is 6.42 Å². The Kier molecular flexibility index (Phi) is 3.34. The van der Waals surface area contributed by atoms with Crippen molar-refractivity contribution in [1.29, 1.82) is 0 Å². The van der Waals surface area contributed by atoms with Gasteiger partial charge in [-0.2, -0.15) is 0 Å². The molecule has 2 aromatic carbocycles. The summed E-state index contributed by atoms with van der Waals surface area (Å²) in [5.74, 6) is 0.176. The lowest BCUT2D eigenvalue weighted by molar-refractivity contribution is 0.475. The molecule has 2 aromatic rings. The van der Waals surface area contributed by atoms with E-state index in [4.69, 9.17) is 11.6 Å². The number of aromatic hydroxyl groups is 1. The molecule has 0 saturated heterocycles. The van der Waals surface area contributed by atoms with Crippen molar-refractivity contribution in [1.82, 2.24) is 0 Å². The van der Waals surface area contributed by atoms with Gasteiger partial charge in [-0.05, 0) is 49.1 Å². The fourth-order valence-electron chi connectivity index (χ4n) is 2.66. The highest BCUT2D eigenvalue weighted by Crippen LogP contribution is 2.40. The van der Waals surface area contributed by atoms with Gasteiger partial charge in [0, 0.05) is 17.9 Å². The van der Waals surface area contributed by atoms with Gasteiger partial charge in [0.1, 0.15) is 5.75 Å². The second kappa shape index (κ2) is 5.14. The first-order valence-corrected chi connectivity index (χ1v) is 6.98. The number of rotatable bonds is 1. The predicted molar refractivity (Wildman–Crippen MR) is 79.5 cm³/mol. The third kappa shape index (κ3) is 2.28. The summed E-state index contributed by atoms with van der Waals surface area (Å²) in [6.45, 7) is 0.984. The van der Waals surface area contributed by atoms with Gasteiger partial charge in [0.15, 0.2) is 0 Å². The standard InChI is InChI=1S/C16H16ClNO/c17-16-13-8-4-5-11-18(12-6-2-1-3-7-12)14(13)9-10-15(16)19/h1-3,6-7,9-10,19H,4-5,8,11H2. The monoisotopic (exact) mass is 273 g/mol. The molecule has 98 valence electrons. The zero-order valence-corrected chi connectivity index (χ0v) is 11.4. The smallest absolute Gasteiger partial charge is 0.134 e. The summed E-state index contributed by atoms with van der Waals surface area (Å²) >= 11 is 6.26. The van der Waals surface area contributed by atoms with Crippen molar-refractivity contribution in [3.8, 4) is 5.75 Å². The van der Waals surface area contributed by atoms with Crippen molar-refractivity contribution in [2.45, 2.75) is 19.3 Å². The van der Waals surface area contributed by atoms with E-state index in [1.807, 2.05) is 24.3 Å². The van der Waals surface area contributed by atoms with Gasteiger partial charge in [0.25, 0.3) is 0 Å². The molecule has 0 aromatic heterocycles. The average molecular weight is 274 g/mol. The molecule has 0 fully saturated rings. The first-order valence-electron chi connectivity index (χ1n) is 6.60. The van der Waals surface area contributed by atoms with E-state index in [1.54, 1.807) is 6.07 Å². The van der Waals surface area contributed by atoms with Crippen molar-refractivity contribution < 1.29 is 5.11 Å². The van der Waals surface area contributed by atoms with Gasteiger partial charge in [0.05, 0.1) is 5.02 Å². The summed E-state index contributed by atoms with van der Waals surface area (Å²) in [4.78, 5) is 2.29. The highest BCUT2D eigenvalue weighted by molar-refractivity contribution is 6.33. The van der Waals surface area contributed by atoms with Crippen molar-refractivity contribution in [2.24, 2.45) is 0 Å². The molecule has 1 heterocycles. The summed E-state index contributed by atoms with van der Waals surface area (Å²) in [7, 11) is 0. The molecule has 0 aliphatic carbocycles. The minimum atomic E-state index is 0.176. The predicted octanol–water partition coefficient (Wildman–Crippen LogP) is 4.52. The number of hydrogen-bond donors (Lipinski definition) is 1. The lowest BCUT2D eigenvalue weighted by Gasteiger charge is -2.25. The molecule has 0 radical (unpaired) electrons. The summed E-state index contributed by atoms with van der Waals surface area (Å²) in [6.07, 6.45) is 3.14. The van der Waals surface area contributed by atoms with E-state index in [0.717, 1.165) is 37.1 Å². The minimum absolute atomic E-state index is 0.176. The first-order chi connectivity index (χ1) is 9.27. The zero-order valence-electron chi connectivity index (χ0n) is 10.6. The lowest BCUT2D eigenvalue weighted by Crippen LogP contribution is -2.17. The van der Waals surface area contributed by atoms with Gasteiger partial charge >= 0.3 is 0 Å². The molecule has 0 atom stereocenters. The molecule has 0 amide bonds. The number of phenolic OH excluding ortho intramolecular Hbond substituents is 1. The largest absolute Gasteiger partial charge is 0.506 e. The zero-order chi connectivity index (χ0) is 13.2. The molecule has 1 aliphatic heterocycles. The third-order valence-electron chi connectivity index (χ3n) is 3.62. The number of anilines is 2. The van der Waals surface area contributed by atoms with Gasteiger partial charge in [0.2, 0.25) is 0 Å². The SMILES string of the molecule is Oc1ccc2c(c1Cl)CCCCN2c1ccccc1. The van der Waals surface area contributed by atoms with Crippen LogP contribution in [0.5, 0.6) is 5.75 Å². The van der Waals surface area contributed by atoms with Crippen LogP contribution in [0.1, 0.15) is 18.4 Å². The van der Waals surface area contributed by atoms with Crippen LogP contribution in [0.25, 0.3) is 0 Å². The Bertz CT molecular complexity index is 583. The van der Waals surface area contributed by atoms with Crippen LogP contribution in [0.4, 0.5) is 11.4 Å². The summed E-state index contributed by atoms with van der Waals surface area (Å²) in [5.41, 5.74) is 3.35.